The van der Waals surface area contributed by atoms with E-state index in [2.05, 4.69) is 16.0 Å². The minimum Gasteiger partial charge on any atom is -0.469 e. The average Bonchev–Trinajstić information content (AvgIpc) is 2.02. The molecule has 0 aliphatic carbocycles. The van der Waals surface area contributed by atoms with Gasteiger partial charge in [0.1, 0.15) is 6.04 Å². The number of carbonyl (C=O) groups is 2. The van der Waals surface area contributed by atoms with Crippen LogP contribution in [0.25, 0.3) is 0 Å². The Bertz CT molecular complexity index is 219. The molecule has 0 aromatic heterocycles. The molecule has 12 heavy (non-hydrogen) atoms. The molecule has 0 heterocycles. The van der Waals surface area contributed by atoms with Crippen LogP contribution < -0.4 is 11.1 Å². The lowest BCUT2D eigenvalue weighted by molar-refractivity contribution is -0.140. The highest BCUT2D eigenvalue weighted by atomic mass is 16.5. The van der Waals surface area contributed by atoms with Crippen LogP contribution in [0.15, 0.2) is 0 Å². The highest BCUT2D eigenvalue weighted by molar-refractivity contribution is 5.75. The molecule has 1 atom stereocenters. The number of hydrogen-bond acceptors (Lipinski definition) is 3. The topological polar surface area (TPSA) is 81.4 Å². The van der Waals surface area contributed by atoms with Crippen molar-refractivity contribution < 1.29 is 14.3 Å². The summed E-state index contributed by atoms with van der Waals surface area (Å²) < 4.78 is 4.34. The second-order valence-corrected chi connectivity index (χ2v) is 2.01. The molecule has 2 amide bonds. The number of methoxy groups -OCH3 is 1. The first-order valence-corrected chi connectivity index (χ1v) is 3.19. The summed E-state index contributed by atoms with van der Waals surface area (Å²) in [7, 11) is 1.24. The van der Waals surface area contributed by atoms with Crippen molar-refractivity contribution in [3.8, 4) is 12.3 Å². The first-order valence-electron chi connectivity index (χ1n) is 3.19. The number of terminal acetylenes is 1. The molecule has 3 N–H and O–H groups in total. The van der Waals surface area contributed by atoms with Crippen LogP contribution in [0.5, 0.6) is 0 Å². The third-order valence-corrected chi connectivity index (χ3v) is 1.12. The minimum absolute atomic E-state index is 0.0735. The molecule has 5 nitrogen and oxygen atoms in total. The van der Waals surface area contributed by atoms with E-state index >= 15 is 0 Å². The predicted molar refractivity (Wildman–Crippen MR) is 42.0 cm³/mol. The van der Waals surface area contributed by atoms with Crippen molar-refractivity contribution in [3.63, 3.8) is 0 Å². The number of hydrogen-bond donors (Lipinski definition) is 2. The molecule has 0 aromatic carbocycles. The molecule has 0 aliphatic heterocycles. The molecule has 0 fully saturated rings. The van der Waals surface area contributed by atoms with Crippen molar-refractivity contribution in [2.45, 2.75) is 12.5 Å². The van der Waals surface area contributed by atoms with Gasteiger partial charge in [0.2, 0.25) is 0 Å². The standard InChI is InChI=1S/C7H10N2O3/c1-3-5(9-7(8)11)4-6(10)12-2/h1,5H,4H2,2H3,(H3,8,9,11). The second kappa shape index (κ2) is 5.02. The zero-order valence-corrected chi connectivity index (χ0v) is 6.66. The molecule has 5 heteroatoms. The van der Waals surface area contributed by atoms with Crippen molar-refractivity contribution in [3.05, 3.63) is 0 Å². The smallest absolute Gasteiger partial charge is 0.313 e. The summed E-state index contributed by atoms with van der Waals surface area (Å²) in [5.41, 5.74) is 4.79. The fraction of sp³-hybridized carbons (Fsp3) is 0.429. The van der Waals surface area contributed by atoms with Gasteiger partial charge in [-0.15, -0.1) is 6.42 Å². The average molecular weight is 170 g/mol. The van der Waals surface area contributed by atoms with Gasteiger partial charge in [-0.25, -0.2) is 4.79 Å². The van der Waals surface area contributed by atoms with E-state index in [1.54, 1.807) is 0 Å². The first kappa shape index (κ1) is 10.3. The van der Waals surface area contributed by atoms with Crippen LogP contribution in [0.1, 0.15) is 6.42 Å². The Kier molecular flexibility index (Phi) is 4.31. The molecule has 0 saturated carbocycles. The van der Waals surface area contributed by atoms with Gasteiger partial charge in [0.25, 0.3) is 0 Å². The Morgan fingerprint density at radius 3 is 2.67 bits per heavy atom. The van der Waals surface area contributed by atoms with E-state index < -0.39 is 18.0 Å². The van der Waals surface area contributed by atoms with Crippen LogP contribution in [0.2, 0.25) is 0 Å². The molecule has 0 aromatic rings. The van der Waals surface area contributed by atoms with E-state index in [9.17, 15) is 9.59 Å². The fourth-order valence-corrected chi connectivity index (χ4v) is 0.573. The summed E-state index contributed by atoms with van der Waals surface area (Å²) in [5.74, 6) is 1.69. The maximum absolute atomic E-state index is 10.7. The largest absolute Gasteiger partial charge is 0.469 e. The normalized spacial score (nSPS) is 11.0. The summed E-state index contributed by atoms with van der Waals surface area (Å²) in [4.78, 5) is 21.0. The van der Waals surface area contributed by atoms with Crippen LogP contribution in [0.4, 0.5) is 4.79 Å². The molecule has 0 radical (unpaired) electrons. The number of nitrogens with one attached hydrogen (secondary N) is 1. The number of urea groups is 1. The molecule has 0 rings (SSSR count). The van der Waals surface area contributed by atoms with Crippen molar-refractivity contribution in [1.82, 2.24) is 5.32 Å². The lowest BCUT2D eigenvalue weighted by Gasteiger charge is -2.08. The van der Waals surface area contributed by atoms with Gasteiger partial charge in [-0.3, -0.25) is 4.79 Å². The third kappa shape index (κ3) is 4.17. The summed E-state index contributed by atoms with van der Waals surface area (Å²) >= 11 is 0. The van der Waals surface area contributed by atoms with Gasteiger partial charge in [-0.1, -0.05) is 5.92 Å². The molecule has 66 valence electrons. The molecule has 0 aliphatic rings. The van der Waals surface area contributed by atoms with Crippen molar-refractivity contribution in [2.75, 3.05) is 7.11 Å². The molecular formula is C7H10N2O3. The van der Waals surface area contributed by atoms with Gasteiger partial charge in [0, 0.05) is 0 Å². The summed E-state index contributed by atoms with van der Waals surface area (Å²) in [6.45, 7) is 0. The van der Waals surface area contributed by atoms with E-state index in [1.807, 2.05) is 0 Å². The van der Waals surface area contributed by atoms with Gasteiger partial charge >= 0.3 is 12.0 Å². The van der Waals surface area contributed by atoms with Crippen LogP contribution in [-0.2, 0) is 9.53 Å². The van der Waals surface area contributed by atoms with Crippen LogP contribution in [-0.4, -0.2) is 25.2 Å². The molecule has 0 bridgehead atoms. The van der Waals surface area contributed by atoms with Gasteiger partial charge in [-0.2, -0.15) is 0 Å². The lowest BCUT2D eigenvalue weighted by Crippen LogP contribution is -2.39. The monoisotopic (exact) mass is 170 g/mol. The van der Waals surface area contributed by atoms with E-state index in [0.717, 1.165) is 0 Å². The van der Waals surface area contributed by atoms with Gasteiger partial charge < -0.3 is 15.8 Å². The minimum atomic E-state index is -0.762. The summed E-state index contributed by atoms with van der Waals surface area (Å²) in [6, 6.07) is -1.46. The SMILES string of the molecule is C#CC(CC(=O)OC)NC(N)=O. The third-order valence-electron chi connectivity index (χ3n) is 1.12. The first-order chi connectivity index (χ1) is 5.60. The zero-order valence-electron chi connectivity index (χ0n) is 6.66. The van der Waals surface area contributed by atoms with E-state index in [0.29, 0.717) is 0 Å². The number of ether oxygens (including phenoxy) is 1. The Labute approximate surface area is 70.3 Å². The fourth-order valence-electron chi connectivity index (χ4n) is 0.573. The molecule has 0 spiro atoms. The van der Waals surface area contributed by atoms with Crippen molar-refractivity contribution in [2.24, 2.45) is 5.73 Å². The Hall–Kier alpha value is -1.70. The molecule has 0 saturated heterocycles. The number of carbonyl (C=O) groups excluding carboxylic acids is 2. The number of amides is 2. The van der Waals surface area contributed by atoms with Crippen LogP contribution in [0, 0.1) is 12.3 Å². The Balaban J connectivity index is 3.93. The second-order valence-electron chi connectivity index (χ2n) is 2.01. The van der Waals surface area contributed by atoms with Gasteiger partial charge in [-0.05, 0) is 0 Å². The summed E-state index contributed by atoms with van der Waals surface area (Å²) in [6.07, 6.45) is 4.92. The number of primary amides is 1. The number of rotatable bonds is 3. The maximum atomic E-state index is 10.7. The Morgan fingerprint density at radius 2 is 2.33 bits per heavy atom. The zero-order chi connectivity index (χ0) is 9.56. The quantitative estimate of drug-likeness (QED) is 0.430. The molecular weight excluding hydrogens is 160 g/mol. The van der Waals surface area contributed by atoms with Crippen LogP contribution in [0.3, 0.4) is 0 Å². The predicted octanol–water partition coefficient (Wildman–Crippen LogP) is -0.780. The highest BCUT2D eigenvalue weighted by Gasteiger charge is 2.11. The highest BCUT2D eigenvalue weighted by Crippen LogP contribution is 1.91. The van der Waals surface area contributed by atoms with Crippen molar-refractivity contribution in [1.29, 1.82) is 0 Å². The summed E-state index contributed by atoms with van der Waals surface area (Å²) in [5, 5.41) is 2.20. The van der Waals surface area contributed by atoms with E-state index in [-0.39, 0.29) is 6.42 Å². The van der Waals surface area contributed by atoms with E-state index in [4.69, 9.17) is 12.2 Å². The van der Waals surface area contributed by atoms with Crippen molar-refractivity contribution >= 4 is 12.0 Å². The van der Waals surface area contributed by atoms with Crippen LogP contribution >= 0.6 is 0 Å². The molecule has 1 unspecified atom stereocenters. The number of esters is 1. The Morgan fingerprint density at radius 1 is 1.75 bits per heavy atom. The lowest BCUT2D eigenvalue weighted by atomic mass is 10.2. The maximum Gasteiger partial charge on any atom is 0.313 e. The van der Waals surface area contributed by atoms with Gasteiger partial charge in [0.15, 0.2) is 0 Å². The van der Waals surface area contributed by atoms with E-state index in [1.165, 1.54) is 7.11 Å². The van der Waals surface area contributed by atoms with Gasteiger partial charge in [0.05, 0.1) is 13.5 Å². The number of nitrogens with two attached hydrogens (primary N) is 1.